The van der Waals surface area contributed by atoms with Crippen molar-refractivity contribution in [3.63, 3.8) is 0 Å². The van der Waals surface area contributed by atoms with Gasteiger partial charge in [0.15, 0.2) is 0 Å². The van der Waals surface area contributed by atoms with Crippen molar-refractivity contribution in [3.8, 4) is 0 Å². The van der Waals surface area contributed by atoms with Crippen LogP contribution in [0.4, 0.5) is 0 Å². The molecular formula is C17H18BrN3O. The average Bonchev–Trinajstić information content (AvgIpc) is 2.56. The van der Waals surface area contributed by atoms with Crippen molar-refractivity contribution in [2.75, 3.05) is 13.1 Å². The van der Waals surface area contributed by atoms with Crippen molar-refractivity contribution in [2.45, 2.75) is 18.4 Å². The van der Waals surface area contributed by atoms with E-state index in [9.17, 15) is 4.79 Å². The zero-order valence-corrected chi connectivity index (χ0v) is 13.7. The molecule has 0 saturated carbocycles. The molecule has 1 aliphatic heterocycles. The molecule has 0 aliphatic carbocycles. The van der Waals surface area contributed by atoms with Gasteiger partial charge < -0.3 is 10.6 Å². The monoisotopic (exact) mass is 359 g/mol. The Morgan fingerprint density at radius 2 is 2.00 bits per heavy atom. The summed E-state index contributed by atoms with van der Waals surface area (Å²) in [6.07, 6.45) is 2.58. The summed E-state index contributed by atoms with van der Waals surface area (Å²) in [5, 5.41) is 6.48. The number of nitrogens with zero attached hydrogens (tertiary/aromatic N) is 1. The normalized spacial score (nSPS) is 21.3. The quantitative estimate of drug-likeness (QED) is 0.885. The Bertz CT molecular complexity index is 630. The maximum absolute atomic E-state index is 12.2. The minimum Gasteiger partial charge on any atom is -0.347 e. The highest BCUT2D eigenvalue weighted by molar-refractivity contribution is 9.10. The highest BCUT2D eigenvalue weighted by Crippen LogP contribution is 2.25. The molecule has 1 aliphatic rings. The number of piperidine rings is 1. The summed E-state index contributed by atoms with van der Waals surface area (Å²) >= 11 is 3.46. The number of amides is 1. The third-order valence-corrected chi connectivity index (χ3v) is 4.45. The second kappa shape index (κ2) is 7.03. The van der Waals surface area contributed by atoms with Crippen LogP contribution < -0.4 is 10.6 Å². The van der Waals surface area contributed by atoms with Crippen molar-refractivity contribution in [3.05, 3.63) is 64.4 Å². The van der Waals surface area contributed by atoms with E-state index in [0.717, 1.165) is 24.0 Å². The van der Waals surface area contributed by atoms with Crippen LogP contribution in [0.25, 0.3) is 0 Å². The first-order chi connectivity index (χ1) is 10.7. The van der Waals surface area contributed by atoms with Gasteiger partial charge in [-0.3, -0.25) is 9.78 Å². The number of aromatic nitrogens is 1. The fourth-order valence-electron chi connectivity index (χ4n) is 2.80. The predicted octanol–water partition coefficient (Wildman–Crippen LogP) is 2.72. The van der Waals surface area contributed by atoms with E-state index in [1.54, 1.807) is 12.3 Å². The predicted molar refractivity (Wildman–Crippen MR) is 89.9 cm³/mol. The molecular weight excluding hydrogens is 342 g/mol. The van der Waals surface area contributed by atoms with Crippen LogP contribution in [0.15, 0.2) is 53.1 Å². The molecule has 2 N–H and O–H groups in total. The number of carbonyl (C=O) groups is 1. The molecule has 2 aromatic rings. The minimum absolute atomic E-state index is 0.108. The first kappa shape index (κ1) is 15.2. The SMILES string of the molecule is O=C(N[C@H]1CNC[C@@H](c2ccc(Br)cc2)C1)c1ccccn1. The van der Waals surface area contributed by atoms with E-state index in [4.69, 9.17) is 0 Å². The first-order valence-corrected chi connectivity index (χ1v) is 8.20. The molecule has 4 nitrogen and oxygen atoms in total. The van der Waals surface area contributed by atoms with E-state index in [2.05, 4.69) is 55.8 Å². The number of pyridine rings is 1. The summed E-state index contributed by atoms with van der Waals surface area (Å²) < 4.78 is 1.08. The Labute approximate surface area is 138 Å². The lowest BCUT2D eigenvalue weighted by atomic mass is 9.89. The van der Waals surface area contributed by atoms with Crippen molar-refractivity contribution < 1.29 is 4.79 Å². The molecule has 0 unspecified atom stereocenters. The molecule has 1 saturated heterocycles. The van der Waals surface area contributed by atoms with Gasteiger partial charge in [0.1, 0.15) is 5.69 Å². The zero-order chi connectivity index (χ0) is 15.4. The molecule has 2 atom stereocenters. The van der Waals surface area contributed by atoms with Crippen LogP contribution in [-0.4, -0.2) is 30.0 Å². The summed E-state index contributed by atoms with van der Waals surface area (Å²) in [4.78, 5) is 16.3. The molecule has 1 amide bonds. The van der Waals surface area contributed by atoms with Crippen LogP contribution in [0.5, 0.6) is 0 Å². The highest BCUT2D eigenvalue weighted by Gasteiger charge is 2.24. The Morgan fingerprint density at radius 3 is 2.73 bits per heavy atom. The summed E-state index contributed by atoms with van der Waals surface area (Å²) in [6, 6.07) is 13.9. The fraction of sp³-hybridized carbons (Fsp3) is 0.294. The van der Waals surface area contributed by atoms with Crippen LogP contribution in [0.1, 0.15) is 28.4 Å². The summed E-state index contributed by atoms with van der Waals surface area (Å²) in [7, 11) is 0. The topological polar surface area (TPSA) is 54.0 Å². The van der Waals surface area contributed by atoms with Crippen LogP contribution >= 0.6 is 15.9 Å². The Morgan fingerprint density at radius 1 is 1.18 bits per heavy atom. The molecule has 1 aromatic heterocycles. The van der Waals surface area contributed by atoms with Gasteiger partial charge >= 0.3 is 0 Å². The lowest BCUT2D eigenvalue weighted by Crippen LogP contribution is -2.48. The van der Waals surface area contributed by atoms with Gasteiger partial charge in [-0.15, -0.1) is 0 Å². The Hall–Kier alpha value is -1.72. The van der Waals surface area contributed by atoms with Gasteiger partial charge in [-0.25, -0.2) is 0 Å². The van der Waals surface area contributed by atoms with Crippen molar-refractivity contribution in [2.24, 2.45) is 0 Å². The van der Waals surface area contributed by atoms with Gasteiger partial charge in [0.05, 0.1) is 0 Å². The van der Waals surface area contributed by atoms with E-state index < -0.39 is 0 Å². The molecule has 5 heteroatoms. The van der Waals surface area contributed by atoms with Gasteiger partial charge in [-0.1, -0.05) is 34.1 Å². The molecule has 0 bridgehead atoms. The Balaban J connectivity index is 1.63. The maximum atomic E-state index is 12.2. The van der Waals surface area contributed by atoms with Gasteiger partial charge in [0, 0.05) is 29.8 Å². The van der Waals surface area contributed by atoms with Gasteiger partial charge in [-0.05, 0) is 42.2 Å². The van der Waals surface area contributed by atoms with Gasteiger partial charge in [0.2, 0.25) is 0 Å². The average molecular weight is 360 g/mol. The number of hydrogen-bond donors (Lipinski definition) is 2. The van der Waals surface area contributed by atoms with Crippen LogP contribution in [0, 0.1) is 0 Å². The lowest BCUT2D eigenvalue weighted by molar-refractivity contribution is 0.0923. The molecule has 1 aromatic carbocycles. The number of carbonyl (C=O) groups excluding carboxylic acids is 1. The number of rotatable bonds is 3. The van der Waals surface area contributed by atoms with Crippen LogP contribution in [0.2, 0.25) is 0 Å². The van der Waals surface area contributed by atoms with Crippen molar-refractivity contribution in [1.29, 1.82) is 0 Å². The van der Waals surface area contributed by atoms with Crippen molar-refractivity contribution >= 4 is 21.8 Å². The molecule has 22 heavy (non-hydrogen) atoms. The second-order valence-electron chi connectivity index (χ2n) is 5.53. The molecule has 114 valence electrons. The summed E-state index contributed by atoms with van der Waals surface area (Å²) in [5.41, 5.74) is 1.76. The summed E-state index contributed by atoms with van der Waals surface area (Å²) in [5.74, 6) is 0.305. The molecule has 0 spiro atoms. The first-order valence-electron chi connectivity index (χ1n) is 7.40. The third kappa shape index (κ3) is 3.72. The standard InChI is InChI=1S/C17H18BrN3O/c18-14-6-4-12(5-7-14)13-9-15(11-19-10-13)21-17(22)16-3-1-2-8-20-16/h1-8,13,15,19H,9-11H2,(H,21,22)/t13-,15+/m0/s1. The van der Waals surface area contributed by atoms with E-state index in [1.165, 1.54) is 5.56 Å². The second-order valence-corrected chi connectivity index (χ2v) is 6.44. The summed E-state index contributed by atoms with van der Waals surface area (Å²) in [6.45, 7) is 1.74. The lowest BCUT2D eigenvalue weighted by Gasteiger charge is -2.31. The molecule has 3 rings (SSSR count). The zero-order valence-electron chi connectivity index (χ0n) is 12.1. The largest absolute Gasteiger partial charge is 0.347 e. The van der Waals surface area contributed by atoms with Crippen LogP contribution in [-0.2, 0) is 0 Å². The number of halogens is 1. The van der Waals surface area contributed by atoms with E-state index in [1.807, 2.05) is 12.1 Å². The maximum Gasteiger partial charge on any atom is 0.270 e. The molecule has 1 fully saturated rings. The van der Waals surface area contributed by atoms with Crippen molar-refractivity contribution in [1.82, 2.24) is 15.6 Å². The molecule has 2 heterocycles. The van der Waals surface area contributed by atoms with Gasteiger partial charge in [-0.2, -0.15) is 0 Å². The smallest absolute Gasteiger partial charge is 0.270 e. The van der Waals surface area contributed by atoms with Crippen LogP contribution in [0.3, 0.4) is 0 Å². The Kier molecular flexibility index (Phi) is 4.85. The van der Waals surface area contributed by atoms with E-state index in [-0.39, 0.29) is 11.9 Å². The van der Waals surface area contributed by atoms with E-state index >= 15 is 0 Å². The number of benzene rings is 1. The van der Waals surface area contributed by atoms with E-state index in [0.29, 0.717) is 11.6 Å². The fourth-order valence-corrected chi connectivity index (χ4v) is 3.06. The number of nitrogens with one attached hydrogen (secondary N) is 2. The van der Waals surface area contributed by atoms with Gasteiger partial charge in [0.25, 0.3) is 5.91 Å². The minimum atomic E-state index is -0.108. The molecule has 0 radical (unpaired) electrons. The highest BCUT2D eigenvalue weighted by atomic mass is 79.9. The third-order valence-electron chi connectivity index (χ3n) is 3.92. The number of hydrogen-bond acceptors (Lipinski definition) is 3.